The maximum atomic E-state index is 5.27. The molecule has 0 radical (unpaired) electrons. The minimum Gasteiger partial charge on any atom is -0.493 e. The van der Waals surface area contributed by atoms with Crippen molar-refractivity contribution in [1.82, 2.24) is 4.98 Å². The Morgan fingerprint density at radius 3 is 2.53 bits per heavy atom. The number of hydrogen-bond acceptors (Lipinski definition) is 4. The van der Waals surface area contributed by atoms with Crippen molar-refractivity contribution < 1.29 is 9.47 Å². The molecule has 0 saturated carbocycles. The van der Waals surface area contributed by atoms with Gasteiger partial charge in [0.1, 0.15) is 0 Å². The maximum absolute atomic E-state index is 5.27. The molecule has 4 heteroatoms. The molecule has 1 aromatic heterocycles. The quantitative estimate of drug-likeness (QED) is 0.895. The van der Waals surface area contributed by atoms with Crippen LogP contribution in [0.5, 0.6) is 11.5 Å². The number of hydrogen-bond donors (Lipinski definition) is 1. The number of aromatic nitrogens is 1. The third kappa shape index (κ3) is 3.37. The minimum absolute atomic E-state index is 0.678. The third-order valence-corrected chi connectivity index (χ3v) is 2.80. The molecule has 0 atom stereocenters. The molecular formula is C15H18N2O2. The van der Waals surface area contributed by atoms with Gasteiger partial charge in [0, 0.05) is 17.4 Å². The lowest BCUT2D eigenvalue weighted by molar-refractivity contribution is 0.355. The second-order valence-corrected chi connectivity index (χ2v) is 4.19. The molecule has 0 aliphatic carbocycles. The average Bonchev–Trinajstić information content (AvgIpc) is 2.45. The van der Waals surface area contributed by atoms with Gasteiger partial charge in [-0.25, -0.2) is 0 Å². The van der Waals surface area contributed by atoms with Gasteiger partial charge in [-0.15, -0.1) is 0 Å². The van der Waals surface area contributed by atoms with Crippen LogP contribution >= 0.6 is 0 Å². The first-order valence-electron chi connectivity index (χ1n) is 6.11. The predicted molar refractivity (Wildman–Crippen MR) is 75.8 cm³/mol. The minimum atomic E-state index is 0.678. The van der Waals surface area contributed by atoms with Crippen LogP contribution in [-0.2, 0) is 6.54 Å². The van der Waals surface area contributed by atoms with Gasteiger partial charge in [0.15, 0.2) is 11.5 Å². The van der Waals surface area contributed by atoms with E-state index in [4.69, 9.17) is 9.47 Å². The number of ether oxygens (including phenoxy) is 2. The van der Waals surface area contributed by atoms with Gasteiger partial charge in [-0.3, -0.25) is 4.98 Å². The summed E-state index contributed by atoms with van der Waals surface area (Å²) >= 11 is 0. The molecule has 0 fully saturated rings. The zero-order valence-corrected chi connectivity index (χ0v) is 11.4. The molecule has 1 N–H and O–H groups in total. The molecule has 0 unspecified atom stereocenters. The van der Waals surface area contributed by atoms with Crippen molar-refractivity contribution in [3.05, 3.63) is 47.8 Å². The maximum Gasteiger partial charge on any atom is 0.162 e. The molecule has 2 aromatic rings. The van der Waals surface area contributed by atoms with Crippen LogP contribution < -0.4 is 14.8 Å². The summed E-state index contributed by atoms with van der Waals surface area (Å²) in [4.78, 5) is 4.45. The lowest BCUT2D eigenvalue weighted by Crippen LogP contribution is -2.02. The second kappa shape index (κ2) is 6.09. The van der Waals surface area contributed by atoms with Crippen LogP contribution in [0.3, 0.4) is 0 Å². The van der Waals surface area contributed by atoms with Gasteiger partial charge in [-0.05, 0) is 31.2 Å². The Kier molecular flexibility index (Phi) is 4.23. The Morgan fingerprint density at radius 1 is 1.05 bits per heavy atom. The number of rotatable bonds is 5. The first-order valence-corrected chi connectivity index (χ1v) is 6.11. The number of nitrogens with one attached hydrogen (secondary N) is 1. The molecule has 0 bridgehead atoms. The van der Waals surface area contributed by atoms with Crippen LogP contribution in [0.15, 0.2) is 36.4 Å². The first-order chi connectivity index (χ1) is 9.22. The fourth-order valence-corrected chi connectivity index (χ4v) is 1.84. The fraction of sp³-hybridized carbons (Fsp3) is 0.267. The molecule has 2 rings (SSSR count). The van der Waals surface area contributed by atoms with Crippen LogP contribution in [0.1, 0.15) is 11.4 Å². The highest BCUT2D eigenvalue weighted by Gasteiger charge is 2.04. The molecule has 1 heterocycles. The smallest absolute Gasteiger partial charge is 0.162 e. The number of nitrogens with zero attached hydrogens (tertiary/aromatic N) is 1. The van der Waals surface area contributed by atoms with Gasteiger partial charge in [0.05, 0.1) is 26.5 Å². The molecule has 100 valence electrons. The largest absolute Gasteiger partial charge is 0.493 e. The Hall–Kier alpha value is -2.23. The van der Waals surface area contributed by atoms with Gasteiger partial charge in [0.25, 0.3) is 0 Å². The van der Waals surface area contributed by atoms with Crippen molar-refractivity contribution in [3.8, 4) is 11.5 Å². The summed E-state index contributed by atoms with van der Waals surface area (Å²) in [6, 6.07) is 11.7. The number of anilines is 1. The topological polar surface area (TPSA) is 43.4 Å². The average molecular weight is 258 g/mol. The zero-order valence-electron chi connectivity index (χ0n) is 11.4. The van der Waals surface area contributed by atoms with Gasteiger partial charge in [-0.1, -0.05) is 6.07 Å². The Labute approximate surface area is 113 Å². The van der Waals surface area contributed by atoms with Crippen molar-refractivity contribution in [1.29, 1.82) is 0 Å². The van der Waals surface area contributed by atoms with E-state index in [0.29, 0.717) is 12.3 Å². The van der Waals surface area contributed by atoms with E-state index < -0.39 is 0 Å². The molecular weight excluding hydrogens is 240 g/mol. The van der Waals surface area contributed by atoms with Crippen LogP contribution in [0.2, 0.25) is 0 Å². The van der Waals surface area contributed by atoms with Gasteiger partial charge in [-0.2, -0.15) is 0 Å². The normalized spacial score (nSPS) is 10.1. The Balaban J connectivity index is 2.07. The number of pyridine rings is 1. The van der Waals surface area contributed by atoms with Crippen molar-refractivity contribution in [3.63, 3.8) is 0 Å². The van der Waals surface area contributed by atoms with E-state index in [9.17, 15) is 0 Å². The summed E-state index contributed by atoms with van der Waals surface area (Å²) in [5.41, 5.74) is 3.00. The standard InChI is InChI=1S/C15H18N2O2/c1-11-5-4-6-13(17-11)10-16-12-7-8-14(18-2)15(9-12)19-3/h4-9,16H,10H2,1-3H3. The molecule has 0 saturated heterocycles. The SMILES string of the molecule is COc1ccc(NCc2cccc(C)n2)cc1OC. The van der Waals surface area contributed by atoms with E-state index >= 15 is 0 Å². The van der Waals surface area contributed by atoms with Gasteiger partial charge < -0.3 is 14.8 Å². The number of aryl methyl sites for hydroxylation is 1. The summed E-state index contributed by atoms with van der Waals surface area (Å²) < 4.78 is 10.5. The van der Waals surface area contributed by atoms with Crippen LogP contribution in [0.25, 0.3) is 0 Å². The molecule has 0 aliphatic heterocycles. The van der Waals surface area contributed by atoms with Crippen molar-refractivity contribution in [2.45, 2.75) is 13.5 Å². The molecule has 0 aliphatic rings. The summed E-state index contributed by atoms with van der Waals surface area (Å²) in [5.74, 6) is 1.44. The molecule has 0 amide bonds. The van der Waals surface area contributed by atoms with Gasteiger partial charge in [0.2, 0.25) is 0 Å². The lowest BCUT2D eigenvalue weighted by Gasteiger charge is -2.11. The van der Waals surface area contributed by atoms with Crippen molar-refractivity contribution in [2.75, 3.05) is 19.5 Å². The van der Waals surface area contributed by atoms with E-state index in [1.54, 1.807) is 14.2 Å². The van der Waals surface area contributed by atoms with E-state index in [1.807, 2.05) is 43.3 Å². The van der Waals surface area contributed by atoms with E-state index in [1.165, 1.54) is 0 Å². The van der Waals surface area contributed by atoms with Crippen LogP contribution in [0.4, 0.5) is 5.69 Å². The van der Waals surface area contributed by atoms with Gasteiger partial charge >= 0.3 is 0 Å². The highest BCUT2D eigenvalue weighted by molar-refractivity contribution is 5.54. The Morgan fingerprint density at radius 2 is 1.84 bits per heavy atom. The highest BCUT2D eigenvalue weighted by Crippen LogP contribution is 2.29. The lowest BCUT2D eigenvalue weighted by atomic mass is 10.2. The van der Waals surface area contributed by atoms with E-state index in [2.05, 4.69) is 10.3 Å². The predicted octanol–water partition coefficient (Wildman–Crippen LogP) is 3.02. The number of methoxy groups -OCH3 is 2. The molecule has 19 heavy (non-hydrogen) atoms. The van der Waals surface area contributed by atoms with E-state index in [-0.39, 0.29) is 0 Å². The third-order valence-electron chi connectivity index (χ3n) is 2.80. The van der Waals surface area contributed by atoms with Crippen molar-refractivity contribution >= 4 is 5.69 Å². The Bertz CT molecular complexity index is 556. The second-order valence-electron chi connectivity index (χ2n) is 4.19. The van der Waals surface area contributed by atoms with Crippen LogP contribution in [0, 0.1) is 6.92 Å². The number of benzene rings is 1. The molecule has 4 nitrogen and oxygen atoms in total. The summed E-state index contributed by atoms with van der Waals surface area (Å²) in [5, 5.41) is 3.32. The zero-order chi connectivity index (χ0) is 13.7. The van der Waals surface area contributed by atoms with E-state index in [0.717, 1.165) is 22.8 Å². The first kappa shape index (κ1) is 13.2. The summed E-state index contributed by atoms with van der Waals surface area (Å²) in [7, 11) is 3.26. The molecule has 0 spiro atoms. The monoisotopic (exact) mass is 258 g/mol. The molecule has 1 aromatic carbocycles. The highest BCUT2D eigenvalue weighted by atomic mass is 16.5. The fourth-order valence-electron chi connectivity index (χ4n) is 1.84. The van der Waals surface area contributed by atoms with Crippen molar-refractivity contribution in [2.24, 2.45) is 0 Å². The van der Waals surface area contributed by atoms with Crippen LogP contribution in [-0.4, -0.2) is 19.2 Å². The summed E-state index contributed by atoms with van der Waals surface area (Å²) in [6.45, 7) is 2.66. The summed E-state index contributed by atoms with van der Waals surface area (Å²) in [6.07, 6.45) is 0.